The number of amides is 1. The Morgan fingerprint density at radius 1 is 1.14 bits per heavy atom. The number of furan rings is 1. The summed E-state index contributed by atoms with van der Waals surface area (Å²) in [5, 5.41) is 3.40. The SMILES string of the molecule is CN=C(NCc1nc2ccccc2n1C)N1CCN(C(=O)c2ccco2)CC1. The van der Waals surface area contributed by atoms with Crippen LogP contribution in [0.3, 0.4) is 0 Å². The lowest BCUT2D eigenvalue weighted by Gasteiger charge is -2.36. The molecule has 8 heteroatoms. The number of guanidine groups is 1. The zero-order valence-electron chi connectivity index (χ0n) is 16.1. The van der Waals surface area contributed by atoms with Crippen molar-refractivity contribution in [1.29, 1.82) is 0 Å². The minimum Gasteiger partial charge on any atom is -0.459 e. The molecule has 0 bridgehead atoms. The highest BCUT2D eigenvalue weighted by molar-refractivity contribution is 5.91. The van der Waals surface area contributed by atoms with Gasteiger partial charge in [0.2, 0.25) is 0 Å². The van der Waals surface area contributed by atoms with Crippen LogP contribution >= 0.6 is 0 Å². The second-order valence-corrected chi connectivity index (χ2v) is 6.73. The molecule has 0 unspecified atom stereocenters. The molecule has 4 rings (SSSR count). The molecule has 0 aliphatic carbocycles. The molecule has 0 saturated carbocycles. The van der Waals surface area contributed by atoms with Gasteiger partial charge in [0.1, 0.15) is 5.82 Å². The summed E-state index contributed by atoms with van der Waals surface area (Å²) in [6.07, 6.45) is 1.52. The van der Waals surface area contributed by atoms with Gasteiger partial charge in [0.05, 0.1) is 23.8 Å². The second kappa shape index (κ2) is 7.75. The Labute approximate surface area is 163 Å². The number of nitrogens with one attached hydrogen (secondary N) is 1. The summed E-state index contributed by atoms with van der Waals surface area (Å²) in [7, 11) is 3.80. The Kier molecular flexibility index (Phi) is 5.01. The lowest BCUT2D eigenvalue weighted by molar-refractivity contribution is 0.0657. The molecular formula is C20H24N6O2. The maximum atomic E-state index is 12.4. The maximum absolute atomic E-state index is 12.4. The molecule has 1 aromatic carbocycles. The largest absolute Gasteiger partial charge is 0.459 e. The molecule has 0 spiro atoms. The number of aryl methyl sites for hydroxylation is 1. The summed E-state index contributed by atoms with van der Waals surface area (Å²) in [5.74, 6) is 2.09. The van der Waals surface area contributed by atoms with E-state index in [1.54, 1.807) is 19.2 Å². The van der Waals surface area contributed by atoms with E-state index in [2.05, 4.69) is 25.8 Å². The van der Waals surface area contributed by atoms with Gasteiger partial charge in [-0.15, -0.1) is 0 Å². The minimum absolute atomic E-state index is 0.0627. The molecule has 0 radical (unpaired) electrons. The number of rotatable bonds is 3. The number of carbonyl (C=O) groups excluding carboxylic acids is 1. The molecule has 1 fully saturated rings. The maximum Gasteiger partial charge on any atom is 0.289 e. The number of imidazole rings is 1. The molecule has 3 heterocycles. The van der Waals surface area contributed by atoms with Crippen molar-refractivity contribution >= 4 is 22.9 Å². The molecule has 8 nitrogen and oxygen atoms in total. The first kappa shape index (κ1) is 18.1. The first-order chi connectivity index (χ1) is 13.7. The van der Waals surface area contributed by atoms with Gasteiger partial charge >= 0.3 is 0 Å². The molecule has 1 N–H and O–H groups in total. The highest BCUT2D eigenvalue weighted by atomic mass is 16.3. The average Bonchev–Trinajstić information content (AvgIpc) is 3.38. The van der Waals surface area contributed by atoms with Gasteiger partial charge in [0.25, 0.3) is 5.91 Å². The van der Waals surface area contributed by atoms with Crippen LogP contribution in [0.5, 0.6) is 0 Å². The molecule has 146 valence electrons. The predicted octanol–water partition coefficient (Wildman–Crippen LogP) is 1.70. The Balaban J connectivity index is 1.36. The fourth-order valence-corrected chi connectivity index (χ4v) is 3.52. The van der Waals surface area contributed by atoms with Crippen LogP contribution in [-0.2, 0) is 13.6 Å². The quantitative estimate of drug-likeness (QED) is 0.553. The first-order valence-electron chi connectivity index (χ1n) is 9.36. The number of aromatic nitrogens is 2. The van der Waals surface area contributed by atoms with Crippen LogP contribution in [0.25, 0.3) is 11.0 Å². The van der Waals surface area contributed by atoms with E-state index < -0.39 is 0 Å². The summed E-state index contributed by atoms with van der Waals surface area (Å²) >= 11 is 0. The number of nitrogens with zero attached hydrogens (tertiary/aromatic N) is 5. The van der Waals surface area contributed by atoms with E-state index in [0.717, 1.165) is 22.8 Å². The van der Waals surface area contributed by atoms with E-state index in [0.29, 0.717) is 38.5 Å². The Morgan fingerprint density at radius 3 is 2.57 bits per heavy atom. The molecule has 0 atom stereocenters. The summed E-state index contributed by atoms with van der Waals surface area (Å²) in [6.45, 7) is 3.28. The lowest BCUT2D eigenvalue weighted by Crippen LogP contribution is -2.53. The highest BCUT2D eigenvalue weighted by Crippen LogP contribution is 2.14. The molecule has 3 aromatic rings. The summed E-state index contributed by atoms with van der Waals surface area (Å²) in [5.41, 5.74) is 2.10. The van der Waals surface area contributed by atoms with E-state index in [9.17, 15) is 4.79 Å². The first-order valence-corrected chi connectivity index (χ1v) is 9.36. The van der Waals surface area contributed by atoms with Crippen molar-refractivity contribution in [2.75, 3.05) is 33.2 Å². The monoisotopic (exact) mass is 380 g/mol. The van der Waals surface area contributed by atoms with E-state index >= 15 is 0 Å². The third-order valence-corrected chi connectivity index (χ3v) is 5.09. The van der Waals surface area contributed by atoms with Crippen molar-refractivity contribution in [2.45, 2.75) is 6.54 Å². The molecule has 1 amide bonds. The fraction of sp³-hybridized carbons (Fsp3) is 0.350. The highest BCUT2D eigenvalue weighted by Gasteiger charge is 2.25. The van der Waals surface area contributed by atoms with Crippen LogP contribution in [0.4, 0.5) is 0 Å². The average molecular weight is 380 g/mol. The second-order valence-electron chi connectivity index (χ2n) is 6.73. The van der Waals surface area contributed by atoms with E-state index in [1.165, 1.54) is 6.26 Å². The summed E-state index contributed by atoms with van der Waals surface area (Å²) < 4.78 is 7.31. The normalized spacial score (nSPS) is 15.3. The zero-order valence-corrected chi connectivity index (χ0v) is 16.1. The summed E-state index contributed by atoms with van der Waals surface area (Å²) in [6, 6.07) is 11.5. The number of para-hydroxylation sites is 2. The Morgan fingerprint density at radius 2 is 1.89 bits per heavy atom. The topological polar surface area (TPSA) is 78.9 Å². The standard InChI is InChI=1S/C20H24N6O2/c1-21-20(22-14-18-23-15-6-3-4-7-16(15)24(18)2)26-11-9-25(10-12-26)19(27)17-8-5-13-28-17/h3-8,13H,9-12,14H2,1-2H3,(H,21,22). The number of fused-ring (bicyclic) bond motifs is 1. The van der Waals surface area contributed by atoms with Gasteiger partial charge in [-0.3, -0.25) is 9.79 Å². The van der Waals surface area contributed by atoms with Crippen molar-refractivity contribution in [3.8, 4) is 0 Å². The molecular weight excluding hydrogens is 356 g/mol. The van der Waals surface area contributed by atoms with Crippen LogP contribution < -0.4 is 5.32 Å². The van der Waals surface area contributed by atoms with Crippen LogP contribution in [-0.4, -0.2) is 64.4 Å². The number of carbonyl (C=O) groups is 1. The van der Waals surface area contributed by atoms with Crippen LogP contribution in [0.2, 0.25) is 0 Å². The van der Waals surface area contributed by atoms with E-state index in [1.807, 2.05) is 30.1 Å². The van der Waals surface area contributed by atoms with Gasteiger partial charge < -0.3 is 24.1 Å². The van der Waals surface area contributed by atoms with Crippen LogP contribution in [0.1, 0.15) is 16.4 Å². The Bertz CT molecular complexity index is 983. The van der Waals surface area contributed by atoms with Gasteiger partial charge in [-0.1, -0.05) is 12.1 Å². The van der Waals surface area contributed by atoms with E-state index in [-0.39, 0.29) is 5.91 Å². The molecule has 28 heavy (non-hydrogen) atoms. The molecule has 1 aliphatic rings. The lowest BCUT2D eigenvalue weighted by atomic mass is 10.3. The van der Waals surface area contributed by atoms with Crippen molar-refractivity contribution in [2.24, 2.45) is 12.0 Å². The minimum atomic E-state index is -0.0627. The zero-order chi connectivity index (χ0) is 19.5. The van der Waals surface area contributed by atoms with Crippen LogP contribution in [0.15, 0.2) is 52.1 Å². The van der Waals surface area contributed by atoms with Gasteiger partial charge in [0.15, 0.2) is 11.7 Å². The summed E-state index contributed by atoms with van der Waals surface area (Å²) in [4.78, 5) is 25.5. The van der Waals surface area contributed by atoms with Gasteiger partial charge in [-0.2, -0.15) is 0 Å². The number of hydrogen-bond acceptors (Lipinski definition) is 4. The third kappa shape index (κ3) is 3.45. The predicted molar refractivity (Wildman–Crippen MR) is 107 cm³/mol. The number of hydrogen-bond donors (Lipinski definition) is 1. The van der Waals surface area contributed by atoms with Gasteiger partial charge in [0, 0.05) is 40.3 Å². The molecule has 2 aromatic heterocycles. The van der Waals surface area contributed by atoms with E-state index in [4.69, 9.17) is 9.40 Å². The Hall–Kier alpha value is -3.29. The molecule has 1 aliphatic heterocycles. The molecule has 1 saturated heterocycles. The van der Waals surface area contributed by atoms with Gasteiger partial charge in [-0.05, 0) is 24.3 Å². The fourth-order valence-electron chi connectivity index (χ4n) is 3.52. The number of piperazine rings is 1. The number of benzene rings is 1. The van der Waals surface area contributed by atoms with Crippen LogP contribution in [0, 0.1) is 0 Å². The van der Waals surface area contributed by atoms with Crippen molar-refractivity contribution < 1.29 is 9.21 Å². The van der Waals surface area contributed by atoms with Crippen molar-refractivity contribution in [3.05, 3.63) is 54.2 Å². The van der Waals surface area contributed by atoms with Crippen molar-refractivity contribution in [3.63, 3.8) is 0 Å². The smallest absolute Gasteiger partial charge is 0.289 e. The van der Waals surface area contributed by atoms with Gasteiger partial charge in [-0.25, -0.2) is 4.98 Å². The number of aliphatic imine (C=N–C) groups is 1. The third-order valence-electron chi connectivity index (χ3n) is 5.09. The van der Waals surface area contributed by atoms with Crippen molar-refractivity contribution in [1.82, 2.24) is 24.7 Å².